The molecule has 132 valence electrons. The zero-order valence-corrected chi connectivity index (χ0v) is 15.0. The molecule has 1 aromatic heterocycles. The first-order chi connectivity index (χ1) is 12.1. The van der Waals surface area contributed by atoms with Crippen LogP contribution in [-0.4, -0.2) is 37.0 Å². The number of aromatic nitrogens is 1. The summed E-state index contributed by atoms with van der Waals surface area (Å²) in [7, 11) is -3.44. The van der Waals surface area contributed by atoms with Crippen molar-refractivity contribution in [1.82, 2.24) is 9.29 Å². The van der Waals surface area contributed by atoms with E-state index in [1.54, 1.807) is 18.3 Å². The summed E-state index contributed by atoms with van der Waals surface area (Å²) in [6.07, 6.45) is 6.01. The van der Waals surface area contributed by atoms with Gasteiger partial charge in [-0.25, -0.2) is 13.4 Å². The van der Waals surface area contributed by atoms with Crippen LogP contribution in [-0.2, 0) is 10.0 Å². The van der Waals surface area contributed by atoms with Gasteiger partial charge in [0, 0.05) is 19.3 Å². The third-order valence-corrected chi connectivity index (χ3v) is 6.01. The van der Waals surface area contributed by atoms with Crippen molar-refractivity contribution in [2.24, 2.45) is 5.10 Å². The summed E-state index contributed by atoms with van der Waals surface area (Å²) in [5, 5.41) is 4.14. The Balaban J connectivity index is 1.65. The van der Waals surface area contributed by atoms with Gasteiger partial charge in [0.2, 0.25) is 10.0 Å². The number of hydrogen-bond acceptors (Lipinski definition) is 5. The van der Waals surface area contributed by atoms with Crippen LogP contribution >= 0.6 is 0 Å². The molecule has 0 atom stereocenters. The lowest BCUT2D eigenvalue weighted by atomic mass is 10.2. The third-order valence-electron chi connectivity index (χ3n) is 4.12. The first-order valence-electron chi connectivity index (χ1n) is 8.38. The van der Waals surface area contributed by atoms with Crippen molar-refractivity contribution in [3.05, 3.63) is 53.7 Å². The van der Waals surface area contributed by atoms with Crippen molar-refractivity contribution in [2.45, 2.75) is 31.1 Å². The molecular formula is C18H22N4O2S. The second-order valence-corrected chi connectivity index (χ2v) is 8.07. The van der Waals surface area contributed by atoms with E-state index in [1.807, 2.05) is 31.2 Å². The molecule has 1 N–H and O–H groups in total. The minimum absolute atomic E-state index is 0.225. The van der Waals surface area contributed by atoms with Crippen molar-refractivity contribution < 1.29 is 8.42 Å². The molecule has 2 heterocycles. The van der Waals surface area contributed by atoms with Gasteiger partial charge in [0.1, 0.15) is 10.7 Å². The summed E-state index contributed by atoms with van der Waals surface area (Å²) in [4.78, 5) is 4.38. The highest BCUT2D eigenvalue weighted by atomic mass is 32.2. The maximum Gasteiger partial charge on any atom is 0.244 e. The first-order valence-corrected chi connectivity index (χ1v) is 9.82. The van der Waals surface area contributed by atoms with Gasteiger partial charge < -0.3 is 0 Å². The van der Waals surface area contributed by atoms with Crippen LogP contribution in [0.1, 0.15) is 30.4 Å². The molecule has 3 rings (SSSR count). The van der Waals surface area contributed by atoms with Crippen LogP contribution in [0, 0.1) is 6.92 Å². The van der Waals surface area contributed by atoms with Crippen molar-refractivity contribution >= 4 is 22.1 Å². The number of nitrogens with zero attached hydrogens (tertiary/aromatic N) is 3. The minimum Gasteiger partial charge on any atom is -0.261 e. The fourth-order valence-corrected chi connectivity index (χ4v) is 4.24. The SMILES string of the molecule is Cc1cccc(/C=N/Nc2ccc(S(=O)(=O)N3CCCCC3)cn2)c1. The maximum absolute atomic E-state index is 12.6. The molecule has 0 unspecified atom stereocenters. The molecule has 1 aromatic carbocycles. The number of rotatable bonds is 5. The van der Waals surface area contributed by atoms with E-state index in [4.69, 9.17) is 0 Å². The molecule has 0 saturated carbocycles. The summed E-state index contributed by atoms with van der Waals surface area (Å²) in [6, 6.07) is 11.2. The van der Waals surface area contributed by atoms with Crippen LogP contribution in [0.2, 0.25) is 0 Å². The second kappa shape index (κ2) is 7.76. The van der Waals surface area contributed by atoms with Crippen LogP contribution in [0.15, 0.2) is 52.6 Å². The Morgan fingerprint density at radius 1 is 1.16 bits per heavy atom. The molecule has 1 aliphatic rings. The topological polar surface area (TPSA) is 74.7 Å². The summed E-state index contributed by atoms with van der Waals surface area (Å²) in [5.41, 5.74) is 4.97. The number of aryl methyl sites for hydroxylation is 1. The molecule has 1 fully saturated rings. The lowest BCUT2D eigenvalue weighted by molar-refractivity contribution is 0.346. The Bertz CT molecular complexity index is 842. The molecule has 6 nitrogen and oxygen atoms in total. The number of hydrogen-bond donors (Lipinski definition) is 1. The fraction of sp³-hybridized carbons (Fsp3) is 0.333. The number of pyridine rings is 1. The summed E-state index contributed by atoms with van der Waals surface area (Å²) in [6.45, 7) is 3.19. The monoisotopic (exact) mass is 358 g/mol. The predicted octanol–water partition coefficient (Wildman–Crippen LogP) is 3.01. The Morgan fingerprint density at radius 2 is 1.96 bits per heavy atom. The van der Waals surface area contributed by atoms with E-state index in [9.17, 15) is 8.42 Å². The molecule has 1 saturated heterocycles. The number of piperidine rings is 1. The number of anilines is 1. The van der Waals surface area contributed by atoms with Crippen molar-refractivity contribution in [3.8, 4) is 0 Å². The largest absolute Gasteiger partial charge is 0.261 e. The molecule has 0 radical (unpaired) electrons. The van der Waals surface area contributed by atoms with Gasteiger partial charge in [0.05, 0.1) is 6.21 Å². The predicted molar refractivity (Wildman–Crippen MR) is 99.2 cm³/mol. The van der Waals surface area contributed by atoms with Crippen LogP contribution < -0.4 is 5.43 Å². The molecule has 2 aromatic rings. The van der Waals surface area contributed by atoms with Crippen molar-refractivity contribution in [2.75, 3.05) is 18.5 Å². The number of nitrogens with one attached hydrogen (secondary N) is 1. The highest BCUT2D eigenvalue weighted by Crippen LogP contribution is 2.20. The minimum atomic E-state index is -3.44. The van der Waals surface area contributed by atoms with Crippen LogP contribution in [0.25, 0.3) is 0 Å². The van der Waals surface area contributed by atoms with Crippen LogP contribution in [0.5, 0.6) is 0 Å². The Kier molecular flexibility index (Phi) is 5.45. The van der Waals surface area contributed by atoms with E-state index in [0.29, 0.717) is 18.9 Å². The van der Waals surface area contributed by atoms with Gasteiger partial charge in [0.25, 0.3) is 0 Å². The normalized spacial score (nSPS) is 16.2. The first kappa shape index (κ1) is 17.6. The summed E-state index contributed by atoms with van der Waals surface area (Å²) in [5.74, 6) is 0.501. The molecule has 25 heavy (non-hydrogen) atoms. The maximum atomic E-state index is 12.6. The Hall–Kier alpha value is -2.25. The second-order valence-electron chi connectivity index (χ2n) is 6.13. The quantitative estimate of drug-likeness (QED) is 0.658. The van der Waals surface area contributed by atoms with Crippen molar-refractivity contribution in [3.63, 3.8) is 0 Å². The zero-order valence-electron chi connectivity index (χ0n) is 14.2. The van der Waals surface area contributed by atoms with Gasteiger partial charge in [-0.2, -0.15) is 9.41 Å². The van der Waals surface area contributed by atoms with Gasteiger partial charge in [-0.15, -0.1) is 0 Å². The van der Waals surface area contributed by atoms with E-state index in [0.717, 1.165) is 30.4 Å². The molecular weight excluding hydrogens is 336 g/mol. The molecule has 0 aliphatic carbocycles. The van der Waals surface area contributed by atoms with Gasteiger partial charge in [0.15, 0.2) is 0 Å². The number of sulfonamides is 1. The van der Waals surface area contributed by atoms with Gasteiger partial charge >= 0.3 is 0 Å². The average molecular weight is 358 g/mol. The van der Waals surface area contributed by atoms with Crippen molar-refractivity contribution in [1.29, 1.82) is 0 Å². The van der Waals surface area contributed by atoms with E-state index in [-0.39, 0.29) is 4.90 Å². The molecule has 0 amide bonds. The van der Waals surface area contributed by atoms with Gasteiger partial charge in [-0.3, -0.25) is 5.43 Å². The summed E-state index contributed by atoms with van der Waals surface area (Å²) >= 11 is 0. The highest BCUT2D eigenvalue weighted by molar-refractivity contribution is 7.89. The lowest BCUT2D eigenvalue weighted by Gasteiger charge is -2.25. The number of benzene rings is 1. The van der Waals surface area contributed by atoms with Crippen LogP contribution in [0.3, 0.4) is 0 Å². The van der Waals surface area contributed by atoms with Crippen LogP contribution in [0.4, 0.5) is 5.82 Å². The smallest absolute Gasteiger partial charge is 0.244 e. The Labute approximate surface area is 148 Å². The zero-order chi connectivity index (χ0) is 17.7. The average Bonchev–Trinajstić information content (AvgIpc) is 2.63. The molecule has 1 aliphatic heterocycles. The van der Waals surface area contributed by atoms with E-state index < -0.39 is 10.0 Å². The molecule has 7 heteroatoms. The van der Waals surface area contributed by atoms with Gasteiger partial charge in [-0.1, -0.05) is 36.2 Å². The van der Waals surface area contributed by atoms with Gasteiger partial charge in [-0.05, 0) is 37.5 Å². The lowest BCUT2D eigenvalue weighted by Crippen LogP contribution is -2.35. The molecule has 0 bridgehead atoms. The summed E-state index contributed by atoms with van der Waals surface area (Å²) < 4.78 is 26.7. The highest BCUT2D eigenvalue weighted by Gasteiger charge is 2.25. The van der Waals surface area contributed by atoms with E-state index >= 15 is 0 Å². The number of hydrazone groups is 1. The third kappa shape index (κ3) is 4.43. The fourth-order valence-electron chi connectivity index (χ4n) is 2.78. The Morgan fingerprint density at radius 3 is 2.64 bits per heavy atom. The van der Waals surface area contributed by atoms with E-state index in [1.165, 1.54) is 10.5 Å². The standard InChI is InChI=1S/C18H22N4O2S/c1-15-6-5-7-16(12-15)13-20-21-18-9-8-17(14-19-18)25(23,24)22-10-3-2-4-11-22/h5-9,12-14H,2-4,10-11H2,1H3,(H,19,21)/b20-13+. The molecule has 0 spiro atoms. The van der Waals surface area contributed by atoms with E-state index in [2.05, 4.69) is 15.5 Å².